The van der Waals surface area contributed by atoms with Crippen LogP contribution in [-0.2, 0) is 6.54 Å². The van der Waals surface area contributed by atoms with Crippen molar-refractivity contribution in [3.63, 3.8) is 0 Å². The van der Waals surface area contributed by atoms with Crippen LogP contribution in [-0.4, -0.2) is 49.7 Å². The number of nitrogens with zero attached hydrogens (tertiary/aromatic N) is 3. The summed E-state index contributed by atoms with van der Waals surface area (Å²) >= 11 is 0. The average Bonchev–Trinajstić information content (AvgIpc) is 3.24. The van der Waals surface area contributed by atoms with Gasteiger partial charge in [0.05, 0.1) is 20.8 Å². The first kappa shape index (κ1) is 21.3. The van der Waals surface area contributed by atoms with E-state index in [4.69, 9.17) is 19.2 Å². The molecule has 0 bridgehead atoms. The molecule has 1 N–H and O–H groups in total. The first-order chi connectivity index (χ1) is 15.2. The number of aromatic nitrogens is 1. The summed E-state index contributed by atoms with van der Waals surface area (Å²) in [5, 5.41) is 3.45. The van der Waals surface area contributed by atoms with E-state index in [1.54, 1.807) is 14.2 Å². The number of methoxy groups -OCH3 is 2. The van der Waals surface area contributed by atoms with Crippen LogP contribution in [0.1, 0.15) is 38.2 Å². The number of aliphatic imine (C=N–C) groups is 1. The molecular formula is C24H32N4O3. The SMILES string of the molecule is CCNC(=NCc1ccc(Oc2c(OC)cccc2OC)nc1)N1CCC2(CCC2)C1. The van der Waals surface area contributed by atoms with Crippen molar-refractivity contribution in [3.05, 3.63) is 42.1 Å². The van der Waals surface area contributed by atoms with Crippen molar-refractivity contribution in [2.45, 2.75) is 39.2 Å². The van der Waals surface area contributed by atoms with E-state index < -0.39 is 0 Å². The number of hydrogen-bond acceptors (Lipinski definition) is 5. The molecule has 0 unspecified atom stereocenters. The van der Waals surface area contributed by atoms with Gasteiger partial charge in [-0.2, -0.15) is 0 Å². The summed E-state index contributed by atoms with van der Waals surface area (Å²) in [6, 6.07) is 9.36. The molecule has 1 saturated heterocycles. The van der Waals surface area contributed by atoms with Crippen LogP contribution >= 0.6 is 0 Å². The molecule has 4 rings (SSSR count). The minimum atomic E-state index is 0.480. The number of ether oxygens (including phenoxy) is 3. The molecule has 166 valence electrons. The van der Waals surface area contributed by atoms with Gasteiger partial charge in [-0.3, -0.25) is 0 Å². The third-order valence-electron chi connectivity index (χ3n) is 6.29. The second-order valence-electron chi connectivity index (χ2n) is 8.29. The number of guanidine groups is 1. The summed E-state index contributed by atoms with van der Waals surface area (Å²) in [4.78, 5) is 11.7. The molecule has 0 radical (unpaired) electrons. The lowest BCUT2D eigenvalue weighted by molar-refractivity contribution is 0.151. The topological polar surface area (TPSA) is 68.2 Å². The van der Waals surface area contributed by atoms with E-state index in [0.29, 0.717) is 35.1 Å². The molecule has 1 spiro atoms. The maximum Gasteiger partial charge on any atom is 0.219 e. The molecule has 1 aromatic heterocycles. The summed E-state index contributed by atoms with van der Waals surface area (Å²) in [7, 11) is 3.20. The minimum Gasteiger partial charge on any atom is -0.493 e. The maximum atomic E-state index is 5.95. The number of pyridine rings is 1. The summed E-state index contributed by atoms with van der Waals surface area (Å²) in [6.07, 6.45) is 7.21. The Kier molecular flexibility index (Phi) is 6.49. The highest BCUT2D eigenvalue weighted by atomic mass is 16.5. The zero-order valence-electron chi connectivity index (χ0n) is 18.7. The minimum absolute atomic E-state index is 0.480. The van der Waals surface area contributed by atoms with Gasteiger partial charge in [0.15, 0.2) is 17.5 Å². The molecule has 2 heterocycles. The fraction of sp³-hybridized carbons (Fsp3) is 0.500. The highest BCUT2D eigenvalue weighted by molar-refractivity contribution is 5.80. The maximum absolute atomic E-state index is 5.95. The van der Waals surface area contributed by atoms with E-state index >= 15 is 0 Å². The van der Waals surface area contributed by atoms with Gasteiger partial charge in [0, 0.05) is 31.9 Å². The Labute approximate surface area is 184 Å². The Balaban J connectivity index is 1.42. The van der Waals surface area contributed by atoms with Gasteiger partial charge in [-0.1, -0.05) is 18.6 Å². The van der Waals surface area contributed by atoms with Gasteiger partial charge in [-0.25, -0.2) is 9.98 Å². The largest absolute Gasteiger partial charge is 0.493 e. The third kappa shape index (κ3) is 4.70. The zero-order chi connectivity index (χ0) is 21.7. The molecule has 7 nitrogen and oxygen atoms in total. The van der Waals surface area contributed by atoms with E-state index in [0.717, 1.165) is 31.2 Å². The molecular weight excluding hydrogens is 392 g/mol. The average molecular weight is 425 g/mol. The lowest BCUT2D eigenvalue weighted by Crippen LogP contribution is -2.42. The van der Waals surface area contributed by atoms with Crippen molar-refractivity contribution in [2.24, 2.45) is 10.4 Å². The Morgan fingerprint density at radius 3 is 2.45 bits per heavy atom. The standard InChI is InChI=1S/C24H32N4O3/c1-4-25-23(28-14-13-24(17-28)11-6-12-24)27-16-18-9-10-21(26-15-18)31-22-19(29-2)7-5-8-20(22)30-3/h5,7-10,15H,4,6,11-14,16-17H2,1-3H3,(H,25,27). The number of nitrogens with one attached hydrogen (secondary N) is 1. The number of hydrogen-bond donors (Lipinski definition) is 1. The predicted molar refractivity (Wildman–Crippen MR) is 121 cm³/mol. The van der Waals surface area contributed by atoms with Crippen molar-refractivity contribution >= 4 is 5.96 Å². The van der Waals surface area contributed by atoms with Crippen molar-refractivity contribution in [1.82, 2.24) is 15.2 Å². The number of para-hydroxylation sites is 1. The van der Waals surface area contributed by atoms with Crippen LogP contribution in [0.2, 0.25) is 0 Å². The van der Waals surface area contributed by atoms with Crippen molar-refractivity contribution in [3.8, 4) is 23.1 Å². The van der Waals surface area contributed by atoms with E-state index in [2.05, 4.69) is 22.1 Å². The Morgan fingerprint density at radius 1 is 1.13 bits per heavy atom. The monoisotopic (exact) mass is 424 g/mol. The second kappa shape index (κ2) is 9.45. The van der Waals surface area contributed by atoms with Crippen LogP contribution in [0, 0.1) is 5.41 Å². The van der Waals surface area contributed by atoms with E-state index in [1.165, 1.54) is 25.7 Å². The lowest BCUT2D eigenvalue weighted by atomic mass is 9.68. The molecule has 2 fully saturated rings. The van der Waals surface area contributed by atoms with Gasteiger partial charge in [-0.05, 0) is 49.3 Å². The number of rotatable bonds is 7. The van der Waals surface area contributed by atoms with Crippen LogP contribution in [0.4, 0.5) is 0 Å². The highest BCUT2D eigenvalue weighted by Gasteiger charge is 2.43. The van der Waals surface area contributed by atoms with Crippen molar-refractivity contribution in [2.75, 3.05) is 33.9 Å². The molecule has 0 atom stereocenters. The molecule has 0 amide bonds. The van der Waals surface area contributed by atoms with Crippen LogP contribution in [0.25, 0.3) is 0 Å². The summed E-state index contributed by atoms with van der Waals surface area (Å²) < 4.78 is 16.7. The van der Waals surface area contributed by atoms with Crippen molar-refractivity contribution < 1.29 is 14.2 Å². The van der Waals surface area contributed by atoms with E-state index in [1.807, 2.05) is 36.5 Å². The number of likely N-dealkylation sites (tertiary alicyclic amines) is 1. The number of benzene rings is 1. The fourth-order valence-electron chi connectivity index (χ4n) is 4.38. The highest BCUT2D eigenvalue weighted by Crippen LogP contribution is 2.48. The summed E-state index contributed by atoms with van der Waals surface area (Å²) in [5.41, 5.74) is 1.59. The lowest BCUT2D eigenvalue weighted by Gasteiger charge is -2.38. The molecule has 1 aliphatic carbocycles. The van der Waals surface area contributed by atoms with Gasteiger partial charge >= 0.3 is 0 Å². The van der Waals surface area contributed by atoms with Gasteiger partial charge < -0.3 is 24.4 Å². The Bertz CT molecular complexity index is 887. The van der Waals surface area contributed by atoms with E-state index in [-0.39, 0.29) is 0 Å². The van der Waals surface area contributed by atoms with Gasteiger partial charge in [0.25, 0.3) is 0 Å². The Hall–Kier alpha value is -2.96. The first-order valence-electron chi connectivity index (χ1n) is 11.0. The van der Waals surface area contributed by atoms with Gasteiger partial charge in [0.2, 0.25) is 11.6 Å². The molecule has 1 aromatic carbocycles. The summed E-state index contributed by atoms with van der Waals surface area (Å²) in [5.74, 6) is 3.19. The van der Waals surface area contributed by atoms with Crippen LogP contribution < -0.4 is 19.5 Å². The summed E-state index contributed by atoms with van der Waals surface area (Å²) in [6.45, 7) is 5.79. The first-order valence-corrected chi connectivity index (χ1v) is 11.0. The van der Waals surface area contributed by atoms with Crippen molar-refractivity contribution in [1.29, 1.82) is 0 Å². The smallest absolute Gasteiger partial charge is 0.219 e. The Morgan fingerprint density at radius 2 is 1.90 bits per heavy atom. The second-order valence-corrected chi connectivity index (χ2v) is 8.29. The van der Waals surface area contributed by atoms with Crippen LogP contribution in [0.5, 0.6) is 23.1 Å². The van der Waals surface area contributed by atoms with Gasteiger partial charge in [0.1, 0.15) is 0 Å². The molecule has 1 saturated carbocycles. The molecule has 31 heavy (non-hydrogen) atoms. The molecule has 1 aliphatic heterocycles. The quantitative estimate of drug-likeness (QED) is 0.530. The molecule has 2 aliphatic rings. The van der Waals surface area contributed by atoms with E-state index in [9.17, 15) is 0 Å². The molecule has 7 heteroatoms. The zero-order valence-corrected chi connectivity index (χ0v) is 18.7. The van der Waals surface area contributed by atoms with Gasteiger partial charge in [-0.15, -0.1) is 0 Å². The third-order valence-corrected chi connectivity index (χ3v) is 6.29. The fourth-order valence-corrected chi connectivity index (χ4v) is 4.38. The molecule has 2 aromatic rings. The van der Waals surface area contributed by atoms with Crippen LogP contribution in [0.3, 0.4) is 0 Å². The predicted octanol–water partition coefficient (Wildman–Crippen LogP) is 4.23. The normalized spacial score (nSPS) is 17.4. The van der Waals surface area contributed by atoms with Crippen LogP contribution in [0.15, 0.2) is 41.5 Å².